The first kappa shape index (κ1) is 83.2. The van der Waals surface area contributed by atoms with Gasteiger partial charge in [0.25, 0.3) is 0 Å². The smallest absolute Gasteiger partial charge is 0.217 e. The number of ether oxygens (including phenoxy) is 14. The summed E-state index contributed by atoms with van der Waals surface area (Å²) in [7, 11) is 0. The van der Waals surface area contributed by atoms with Crippen molar-refractivity contribution in [2.75, 3.05) is 59.5 Å². The minimum atomic E-state index is -3.37. The Hall–Kier alpha value is -4.05. The molecular weight excluding hydrogens is 1370 g/mol. The van der Waals surface area contributed by atoms with Crippen LogP contribution in [0.5, 0.6) is 0 Å². The highest BCUT2D eigenvalue weighted by Crippen LogP contribution is 2.41. The number of aliphatic carboxylic acids is 1. The van der Waals surface area contributed by atoms with E-state index < -0.39 is 316 Å². The van der Waals surface area contributed by atoms with Gasteiger partial charge >= 0.3 is 0 Å². The lowest BCUT2D eigenvalue weighted by Gasteiger charge is -2.52. The number of aliphatic hydroxyl groups is 21. The van der Waals surface area contributed by atoms with Gasteiger partial charge in [-0.05, 0) is 0 Å². The number of carboxylic acids is 1. The summed E-state index contributed by atoms with van der Waals surface area (Å²) in [5.41, 5.74) is 0. The highest BCUT2D eigenvalue weighted by molar-refractivity contribution is 5.75. The molecule has 7 rings (SSSR count). The molecule has 7 aliphatic heterocycles. The first-order valence-corrected chi connectivity index (χ1v) is 31.4. The van der Waals surface area contributed by atoms with Crippen LogP contribution in [0.3, 0.4) is 0 Å². The van der Waals surface area contributed by atoms with Gasteiger partial charge in [0.2, 0.25) is 29.9 Å². The fourth-order valence-electron chi connectivity index (χ4n) is 12.5. The molecule has 4 amide bonds. The molecule has 0 spiro atoms. The summed E-state index contributed by atoms with van der Waals surface area (Å²) in [5, 5.41) is 254. The van der Waals surface area contributed by atoms with E-state index in [4.69, 9.17) is 66.3 Å². The quantitative estimate of drug-likeness (QED) is 0.0287. The lowest BCUT2D eigenvalue weighted by molar-refractivity contribution is -0.412. The maximum Gasteiger partial charge on any atom is 0.217 e. The third-order valence-electron chi connectivity index (χ3n) is 17.7. The van der Waals surface area contributed by atoms with Crippen molar-refractivity contribution in [2.45, 2.75) is 254 Å². The fraction of sp³-hybridized carbons (Fsp3) is 0.909. The maximum absolute atomic E-state index is 13.0. The molecule has 0 saturated carbocycles. The van der Waals surface area contributed by atoms with E-state index in [2.05, 4.69) is 21.3 Å². The summed E-state index contributed by atoms with van der Waals surface area (Å²) >= 11 is 0. The SMILES string of the molecule is CC(=O)N[C@H]1[C@H](O[C@H]2[C@@H](O)[C@@H](CO)O[C@H](O[C@@H]3[C@@H](O)[C@H](O[C@H]4[C@H](O)[C@@H](O)[C@H](OC[C@@H](CO)NC=O)O[C@@H]4CO)O[C@H](CO)[C@@H]3O[C@@H]3O[C@H](CO)[C@H](O)[C@H](O)[C@H]3NC(C)=O)[C@@H]2O)O[C@H](CO)[C@@H](O[C@@H]2O[C@H](CO)[C@H](O)[C@H](O[C@]3(C(=O)[O-])C[C@H](O)[C@@H](NC(C)=O)[C@H]([C@H](O)[C@H](O)CO)O3)[C@H]2O)[C@@H]1O. The van der Waals surface area contributed by atoms with Gasteiger partial charge in [0.1, 0.15) is 171 Å². The molecule has 45 heteroatoms. The zero-order valence-corrected chi connectivity index (χ0v) is 53.5. The molecule has 0 aromatic rings. The molecule has 37 atom stereocenters. The lowest BCUT2D eigenvalue weighted by Crippen LogP contribution is -2.72. The van der Waals surface area contributed by atoms with E-state index in [0.29, 0.717) is 0 Å². The Bertz CT molecular complexity index is 2600. The Kier molecular flexibility index (Phi) is 30.6. The molecule has 7 saturated heterocycles. The topological polar surface area (TPSA) is 711 Å². The van der Waals surface area contributed by atoms with Crippen molar-refractivity contribution >= 4 is 30.1 Å². The van der Waals surface area contributed by atoms with E-state index in [1.54, 1.807) is 0 Å². The third kappa shape index (κ3) is 18.6. The van der Waals surface area contributed by atoms with Crippen LogP contribution in [0.4, 0.5) is 0 Å². The van der Waals surface area contributed by atoms with Gasteiger partial charge in [0.05, 0.1) is 77.6 Å². The first-order valence-electron chi connectivity index (χ1n) is 31.4. The molecule has 0 radical (unpaired) electrons. The predicted octanol–water partition coefficient (Wildman–Crippen LogP) is -18.8. The number of hydrogen-bond acceptors (Lipinski definition) is 41. The van der Waals surface area contributed by atoms with Gasteiger partial charge < -0.3 is 205 Å². The van der Waals surface area contributed by atoms with Crippen LogP contribution in [0.25, 0.3) is 0 Å². The Labute approximate surface area is 565 Å². The van der Waals surface area contributed by atoms with Gasteiger partial charge in [-0.1, -0.05) is 0 Å². The molecule has 0 unspecified atom stereocenters. The monoisotopic (exact) mass is 1460 g/mol. The summed E-state index contributed by atoms with van der Waals surface area (Å²) in [6.45, 7) is -6.41. The van der Waals surface area contributed by atoms with Crippen molar-refractivity contribution in [3.8, 4) is 0 Å². The molecule has 7 heterocycles. The van der Waals surface area contributed by atoms with Crippen LogP contribution >= 0.6 is 0 Å². The maximum atomic E-state index is 13.0. The highest BCUT2D eigenvalue weighted by atomic mass is 16.8. The van der Waals surface area contributed by atoms with E-state index in [9.17, 15) is 136 Å². The molecule has 7 aliphatic rings. The number of hydrogen-bond donors (Lipinski definition) is 25. The van der Waals surface area contributed by atoms with Gasteiger partial charge in [0, 0.05) is 27.2 Å². The van der Waals surface area contributed by atoms with Crippen LogP contribution in [0.2, 0.25) is 0 Å². The molecule has 578 valence electrons. The summed E-state index contributed by atoms with van der Waals surface area (Å²) in [6.07, 6.45) is -69.4. The van der Waals surface area contributed by atoms with E-state index in [-0.39, 0.29) is 6.41 Å². The molecule has 0 bridgehead atoms. The van der Waals surface area contributed by atoms with Crippen LogP contribution in [0.1, 0.15) is 27.2 Å². The van der Waals surface area contributed by atoms with E-state index >= 15 is 0 Å². The van der Waals surface area contributed by atoms with E-state index in [0.717, 1.165) is 20.8 Å². The number of rotatable bonds is 31. The minimum absolute atomic E-state index is 0.235. The van der Waals surface area contributed by atoms with Crippen molar-refractivity contribution < 1.29 is 203 Å². The van der Waals surface area contributed by atoms with Crippen LogP contribution in [0.15, 0.2) is 0 Å². The molecule has 25 N–H and O–H groups in total. The summed E-state index contributed by atoms with van der Waals surface area (Å²) in [6, 6.07) is -6.58. The zero-order valence-electron chi connectivity index (χ0n) is 53.5. The number of carbonyl (C=O) groups is 5. The number of carbonyl (C=O) groups excluding carboxylic acids is 5. The molecular formula is C55H91N4O41-. The second kappa shape index (κ2) is 36.8. The molecule has 0 aliphatic carbocycles. The normalized spacial score (nSPS) is 45.0. The average molecular weight is 1460 g/mol. The van der Waals surface area contributed by atoms with Crippen LogP contribution < -0.4 is 26.4 Å². The predicted molar refractivity (Wildman–Crippen MR) is 305 cm³/mol. The molecule has 0 aromatic heterocycles. The second-order valence-electron chi connectivity index (χ2n) is 24.7. The van der Waals surface area contributed by atoms with Crippen molar-refractivity contribution in [3.05, 3.63) is 0 Å². The lowest BCUT2D eigenvalue weighted by atomic mass is 9.88. The number of amides is 4. The van der Waals surface area contributed by atoms with Crippen LogP contribution in [-0.2, 0) is 90.3 Å². The van der Waals surface area contributed by atoms with Gasteiger partial charge in [-0.2, -0.15) is 0 Å². The molecule has 7 fully saturated rings. The Morgan fingerprint density at radius 1 is 0.460 bits per heavy atom. The summed E-state index contributed by atoms with van der Waals surface area (Å²) in [5.74, 6) is -8.48. The van der Waals surface area contributed by atoms with Crippen molar-refractivity contribution in [1.82, 2.24) is 21.3 Å². The van der Waals surface area contributed by atoms with Crippen molar-refractivity contribution in [3.63, 3.8) is 0 Å². The third-order valence-corrected chi connectivity index (χ3v) is 17.7. The molecule has 100 heavy (non-hydrogen) atoms. The minimum Gasteiger partial charge on any atom is -0.544 e. The summed E-state index contributed by atoms with van der Waals surface area (Å²) in [4.78, 5) is 61.6. The standard InChI is InChI=1S/C55H92N4O41/c1-15(69)57-27-19(72)4-55(54(85)86,99-44(27)30(74)20(73)6-61)100-46-33(77)23(9-64)90-52(39(46)83)94-41-24(10-65)91-49(29(35(41)79)59-17(3)71)97-45-32(76)22(8-63)89-51(38(45)82)98-47-40(84)53(95-42-25(11-66)92-50(37(81)36(42)80)87-13-18(5-60)56-14-68)93-26(12-67)43(47)96-48-28(58-16(2)70)34(78)31(75)21(7-62)88-48/h14,18-53,60-67,72-84H,4-13H2,1-3H3,(H,56,68)(H,57,69)(H,58,70)(H,59,71)(H,85,86)/p-1/t18-,19+,20-,21-,22-,23-,24-,25-,26-,27-,28-,29-,30-,31+,32+,33+,34-,35-,36-,37-,38-,39-,40-,41-,42-,43+,44-,45+,46+,47-,48+,49+,50-,51-,52+,53+,55+/m1/s1. The van der Waals surface area contributed by atoms with Crippen molar-refractivity contribution in [2.24, 2.45) is 0 Å². The molecule has 0 aromatic carbocycles. The number of nitrogens with one attached hydrogen (secondary N) is 4. The van der Waals surface area contributed by atoms with Gasteiger partial charge in [-0.15, -0.1) is 0 Å². The first-order chi connectivity index (χ1) is 47.3. The molecule has 45 nitrogen and oxygen atoms in total. The van der Waals surface area contributed by atoms with Crippen molar-refractivity contribution in [1.29, 1.82) is 0 Å². The van der Waals surface area contributed by atoms with Crippen LogP contribution in [-0.4, -0.2) is 423 Å². The van der Waals surface area contributed by atoms with E-state index in [1.165, 1.54) is 0 Å². The average Bonchev–Trinajstić information content (AvgIpc) is 0.761. The van der Waals surface area contributed by atoms with Crippen LogP contribution in [0, 0.1) is 0 Å². The number of carboxylic acid groups (broad SMARTS) is 1. The number of aliphatic hydroxyl groups excluding tert-OH is 21. The van der Waals surface area contributed by atoms with E-state index in [1.807, 2.05) is 0 Å². The zero-order chi connectivity index (χ0) is 74.1. The Balaban J connectivity index is 1.18. The second-order valence-corrected chi connectivity index (χ2v) is 24.7. The fourth-order valence-corrected chi connectivity index (χ4v) is 12.5. The van der Waals surface area contributed by atoms with Gasteiger partial charge in [0.15, 0.2) is 37.7 Å². The van der Waals surface area contributed by atoms with Gasteiger partial charge in [-0.3, -0.25) is 19.2 Å². The Morgan fingerprint density at radius 3 is 1.35 bits per heavy atom. The Morgan fingerprint density at radius 2 is 0.860 bits per heavy atom. The highest BCUT2D eigenvalue weighted by Gasteiger charge is 2.61. The largest absolute Gasteiger partial charge is 0.544 e. The van der Waals surface area contributed by atoms with Gasteiger partial charge in [-0.25, -0.2) is 0 Å². The summed E-state index contributed by atoms with van der Waals surface area (Å²) < 4.78 is 81.6.